The molecule has 2 aromatic carbocycles. The normalized spacial score (nSPS) is 11.6. The molecule has 0 radical (unpaired) electrons. The SMILES string of the molecule is C[C@H](OC(=O)CCCc1nc2ccccc2s1)C(=O)NNC(=O)c1ccccc1. The van der Waals surface area contributed by atoms with Crippen LogP contribution in [-0.2, 0) is 20.7 Å². The van der Waals surface area contributed by atoms with Crippen LogP contribution in [0, 0.1) is 0 Å². The molecule has 7 nitrogen and oxygen atoms in total. The first-order valence-corrected chi connectivity index (χ1v) is 10.0. The molecule has 150 valence electrons. The molecule has 0 saturated heterocycles. The number of hydrogen-bond donors (Lipinski definition) is 2. The number of rotatable bonds is 7. The lowest BCUT2D eigenvalue weighted by atomic mass is 10.2. The second-order valence-corrected chi connectivity index (χ2v) is 7.49. The molecule has 1 aromatic heterocycles. The van der Waals surface area contributed by atoms with Crippen LogP contribution in [0.2, 0.25) is 0 Å². The van der Waals surface area contributed by atoms with Gasteiger partial charge in [0.2, 0.25) is 0 Å². The van der Waals surface area contributed by atoms with E-state index in [1.165, 1.54) is 6.92 Å². The third-order valence-corrected chi connectivity index (χ3v) is 5.22. The van der Waals surface area contributed by atoms with Crippen LogP contribution < -0.4 is 10.9 Å². The molecule has 0 fully saturated rings. The molecule has 0 spiro atoms. The van der Waals surface area contributed by atoms with E-state index in [1.54, 1.807) is 41.7 Å². The van der Waals surface area contributed by atoms with E-state index in [2.05, 4.69) is 15.8 Å². The number of thiazole rings is 1. The Hall–Kier alpha value is -3.26. The molecule has 0 aliphatic carbocycles. The summed E-state index contributed by atoms with van der Waals surface area (Å²) in [5.41, 5.74) is 5.92. The summed E-state index contributed by atoms with van der Waals surface area (Å²) >= 11 is 1.61. The quantitative estimate of drug-likeness (QED) is 0.460. The zero-order valence-electron chi connectivity index (χ0n) is 15.9. The highest BCUT2D eigenvalue weighted by Crippen LogP contribution is 2.22. The molecule has 2 N–H and O–H groups in total. The van der Waals surface area contributed by atoms with Crippen molar-refractivity contribution in [2.75, 3.05) is 0 Å². The molecular formula is C21H21N3O4S. The molecule has 0 aliphatic heterocycles. The van der Waals surface area contributed by atoms with Gasteiger partial charge in [-0.05, 0) is 44.0 Å². The summed E-state index contributed by atoms with van der Waals surface area (Å²) in [6, 6.07) is 16.3. The van der Waals surface area contributed by atoms with Crippen LogP contribution in [-0.4, -0.2) is 28.9 Å². The van der Waals surface area contributed by atoms with Gasteiger partial charge in [0, 0.05) is 12.0 Å². The summed E-state index contributed by atoms with van der Waals surface area (Å²) in [5, 5.41) is 0.966. The van der Waals surface area contributed by atoms with Crippen molar-refractivity contribution >= 4 is 39.3 Å². The number of esters is 1. The van der Waals surface area contributed by atoms with Crippen molar-refractivity contribution in [2.24, 2.45) is 0 Å². The molecule has 0 unspecified atom stereocenters. The summed E-state index contributed by atoms with van der Waals surface area (Å²) < 4.78 is 6.25. The van der Waals surface area contributed by atoms with E-state index in [-0.39, 0.29) is 6.42 Å². The first kappa shape index (κ1) is 20.5. The second kappa shape index (κ2) is 9.79. The largest absolute Gasteiger partial charge is 0.452 e. The molecule has 0 bridgehead atoms. The van der Waals surface area contributed by atoms with E-state index in [0.29, 0.717) is 18.4 Å². The number of hydrogen-bond acceptors (Lipinski definition) is 6. The van der Waals surface area contributed by atoms with Gasteiger partial charge in [-0.3, -0.25) is 25.2 Å². The lowest BCUT2D eigenvalue weighted by Crippen LogP contribution is -2.46. The number of carbonyl (C=O) groups excluding carboxylic acids is 3. The topological polar surface area (TPSA) is 97.4 Å². The molecule has 0 saturated carbocycles. The van der Waals surface area contributed by atoms with Crippen LogP contribution >= 0.6 is 11.3 Å². The molecule has 3 rings (SSSR count). The van der Waals surface area contributed by atoms with E-state index >= 15 is 0 Å². The number of amides is 2. The van der Waals surface area contributed by atoms with Crippen LogP contribution in [0.5, 0.6) is 0 Å². The van der Waals surface area contributed by atoms with Crippen molar-refractivity contribution in [3.05, 3.63) is 65.2 Å². The highest BCUT2D eigenvalue weighted by Gasteiger charge is 2.18. The zero-order valence-corrected chi connectivity index (χ0v) is 16.7. The average Bonchev–Trinajstić information content (AvgIpc) is 3.15. The van der Waals surface area contributed by atoms with Gasteiger partial charge in [-0.25, -0.2) is 4.98 Å². The van der Waals surface area contributed by atoms with E-state index in [0.717, 1.165) is 15.2 Å². The summed E-state index contributed by atoms with van der Waals surface area (Å²) in [4.78, 5) is 40.4. The minimum absolute atomic E-state index is 0.184. The van der Waals surface area contributed by atoms with Crippen molar-refractivity contribution in [1.29, 1.82) is 0 Å². The summed E-state index contributed by atoms with van der Waals surface area (Å²) in [7, 11) is 0. The Morgan fingerprint density at radius 2 is 1.76 bits per heavy atom. The number of benzene rings is 2. The number of aryl methyl sites for hydroxylation is 1. The first-order chi connectivity index (χ1) is 14.0. The van der Waals surface area contributed by atoms with Gasteiger partial charge in [0.1, 0.15) is 0 Å². The molecule has 2 amide bonds. The van der Waals surface area contributed by atoms with Gasteiger partial charge in [-0.2, -0.15) is 0 Å². The number of para-hydroxylation sites is 1. The first-order valence-electron chi connectivity index (χ1n) is 9.22. The Labute approximate surface area is 172 Å². The fourth-order valence-corrected chi connectivity index (χ4v) is 3.61. The smallest absolute Gasteiger partial charge is 0.306 e. The minimum atomic E-state index is -1.01. The van der Waals surface area contributed by atoms with Crippen LogP contribution in [0.4, 0.5) is 0 Å². The maximum atomic E-state index is 12.0. The van der Waals surface area contributed by atoms with Crippen molar-refractivity contribution in [2.45, 2.75) is 32.3 Å². The predicted octanol–water partition coefficient (Wildman–Crippen LogP) is 3.01. The monoisotopic (exact) mass is 411 g/mol. The average molecular weight is 411 g/mol. The maximum absolute atomic E-state index is 12.0. The van der Waals surface area contributed by atoms with Crippen LogP contribution in [0.1, 0.15) is 35.1 Å². The lowest BCUT2D eigenvalue weighted by Gasteiger charge is -2.14. The number of hydrazine groups is 1. The molecule has 3 aromatic rings. The third kappa shape index (κ3) is 5.86. The van der Waals surface area contributed by atoms with Gasteiger partial charge in [-0.1, -0.05) is 30.3 Å². The molecule has 1 heterocycles. The molecule has 1 atom stereocenters. The molecule has 8 heteroatoms. The number of ether oxygens (including phenoxy) is 1. The van der Waals surface area contributed by atoms with Gasteiger partial charge < -0.3 is 4.74 Å². The Balaban J connectivity index is 1.37. The number of aromatic nitrogens is 1. The predicted molar refractivity (Wildman–Crippen MR) is 110 cm³/mol. The fourth-order valence-electron chi connectivity index (χ4n) is 2.60. The third-order valence-electron chi connectivity index (χ3n) is 4.12. The Morgan fingerprint density at radius 1 is 1.03 bits per heavy atom. The number of fused-ring (bicyclic) bond motifs is 1. The summed E-state index contributed by atoms with van der Waals surface area (Å²) in [5.74, 6) is -1.52. The Morgan fingerprint density at radius 3 is 2.52 bits per heavy atom. The van der Waals surface area contributed by atoms with Crippen LogP contribution in [0.15, 0.2) is 54.6 Å². The minimum Gasteiger partial charge on any atom is -0.452 e. The van der Waals surface area contributed by atoms with Gasteiger partial charge in [-0.15, -0.1) is 11.3 Å². The van der Waals surface area contributed by atoms with Gasteiger partial charge >= 0.3 is 5.97 Å². The van der Waals surface area contributed by atoms with Gasteiger partial charge in [0.25, 0.3) is 11.8 Å². The van der Waals surface area contributed by atoms with Crippen molar-refractivity contribution < 1.29 is 19.1 Å². The van der Waals surface area contributed by atoms with Gasteiger partial charge in [0.05, 0.1) is 15.2 Å². The van der Waals surface area contributed by atoms with Crippen molar-refractivity contribution in [3.63, 3.8) is 0 Å². The zero-order chi connectivity index (χ0) is 20.6. The van der Waals surface area contributed by atoms with Crippen LogP contribution in [0.3, 0.4) is 0 Å². The number of carbonyl (C=O) groups is 3. The number of nitrogens with zero attached hydrogens (tertiary/aromatic N) is 1. The Bertz CT molecular complexity index is 970. The molecule has 29 heavy (non-hydrogen) atoms. The number of nitrogens with one attached hydrogen (secondary N) is 2. The Kier molecular flexibility index (Phi) is 6.91. The van der Waals surface area contributed by atoms with Gasteiger partial charge in [0.15, 0.2) is 6.10 Å². The molecular weight excluding hydrogens is 390 g/mol. The highest BCUT2D eigenvalue weighted by molar-refractivity contribution is 7.18. The summed E-state index contributed by atoms with van der Waals surface area (Å²) in [6.45, 7) is 1.45. The van der Waals surface area contributed by atoms with E-state index in [4.69, 9.17) is 4.74 Å². The lowest BCUT2D eigenvalue weighted by molar-refractivity contribution is -0.155. The standard InChI is InChI=1S/C21H21N3O4S/c1-14(20(26)23-24-21(27)15-8-3-2-4-9-15)28-19(25)13-7-12-18-22-16-10-5-6-11-17(16)29-18/h2-6,8-11,14H,7,12-13H2,1H3,(H,23,26)(H,24,27)/t14-/m0/s1. The highest BCUT2D eigenvalue weighted by atomic mass is 32.1. The van der Waals surface area contributed by atoms with Crippen LogP contribution in [0.25, 0.3) is 10.2 Å². The van der Waals surface area contributed by atoms with E-state index in [1.807, 2.05) is 24.3 Å². The maximum Gasteiger partial charge on any atom is 0.306 e. The second-order valence-electron chi connectivity index (χ2n) is 6.37. The fraction of sp³-hybridized carbons (Fsp3) is 0.238. The van der Waals surface area contributed by atoms with E-state index in [9.17, 15) is 14.4 Å². The van der Waals surface area contributed by atoms with Crippen molar-refractivity contribution in [1.82, 2.24) is 15.8 Å². The van der Waals surface area contributed by atoms with E-state index < -0.39 is 23.9 Å². The molecule has 0 aliphatic rings. The van der Waals surface area contributed by atoms with Crippen molar-refractivity contribution in [3.8, 4) is 0 Å². The summed E-state index contributed by atoms with van der Waals surface area (Å²) in [6.07, 6.45) is 0.421.